The Kier molecular flexibility index (Phi) is 5.21. The number of nitrogens with zero attached hydrogens (tertiary/aromatic N) is 2. The van der Waals surface area contributed by atoms with Crippen LogP contribution in [-0.2, 0) is 4.79 Å². The molecule has 0 bridgehead atoms. The predicted molar refractivity (Wildman–Crippen MR) is 100 cm³/mol. The number of nitro groups is 1. The number of hydrazine groups is 1. The van der Waals surface area contributed by atoms with Gasteiger partial charge in [0.15, 0.2) is 5.69 Å². The van der Waals surface area contributed by atoms with E-state index >= 15 is 0 Å². The molecule has 1 aromatic heterocycles. The van der Waals surface area contributed by atoms with Gasteiger partial charge in [0.2, 0.25) is 0 Å². The summed E-state index contributed by atoms with van der Waals surface area (Å²) in [5, 5.41) is 17.3. The number of aromatic nitrogens is 2. The van der Waals surface area contributed by atoms with Crippen LogP contribution in [0.15, 0.2) is 59.4 Å². The van der Waals surface area contributed by atoms with E-state index in [1.54, 1.807) is 30.3 Å². The molecule has 3 rings (SSSR count). The Labute approximate surface area is 157 Å². The number of hydrogen-bond donors (Lipinski definition) is 3. The van der Waals surface area contributed by atoms with Gasteiger partial charge in [0, 0.05) is 23.6 Å². The number of hydrogen-bond acceptors (Lipinski definition) is 6. The molecule has 0 unspecified atom stereocenters. The summed E-state index contributed by atoms with van der Waals surface area (Å²) in [4.78, 5) is 46.1. The van der Waals surface area contributed by atoms with Crippen molar-refractivity contribution in [2.45, 2.75) is 0 Å². The third kappa shape index (κ3) is 4.07. The van der Waals surface area contributed by atoms with Gasteiger partial charge in [0.05, 0.1) is 10.3 Å². The van der Waals surface area contributed by atoms with E-state index in [0.29, 0.717) is 16.3 Å². The molecule has 0 saturated heterocycles. The molecular weight excluding hydrogens is 366 g/mol. The lowest BCUT2D eigenvalue weighted by Crippen LogP contribution is -2.41. The summed E-state index contributed by atoms with van der Waals surface area (Å²) in [5.74, 6) is -1.38. The van der Waals surface area contributed by atoms with E-state index in [1.807, 2.05) is 0 Å². The van der Waals surface area contributed by atoms with Crippen molar-refractivity contribution in [2.75, 3.05) is 0 Å². The molecule has 3 N–H and O–H groups in total. The van der Waals surface area contributed by atoms with Crippen LogP contribution < -0.4 is 16.4 Å². The summed E-state index contributed by atoms with van der Waals surface area (Å²) in [5.41, 5.74) is 4.22. The molecule has 28 heavy (non-hydrogen) atoms. The van der Waals surface area contributed by atoms with Crippen LogP contribution in [0.1, 0.15) is 16.1 Å². The third-order valence-corrected chi connectivity index (χ3v) is 3.72. The number of rotatable bonds is 4. The second-order valence-corrected chi connectivity index (χ2v) is 5.58. The number of amides is 2. The Bertz CT molecular complexity index is 1170. The van der Waals surface area contributed by atoms with E-state index in [1.165, 1.54) is 24.3 Å². The standard InChI is InChI=1S/C18H13N5O5/c24-15(9-8-11-4-3-5-12(10-11)23(27)28)19-22-18(26)16-13-6-1-2-7-14(13)17(25)21-20-16/h1-10H,(H,19,24)(H,21,25)(H,22,26)/b9-8+. The van der Waals surface area contributed by atoms with Gasteiger partial charge in [0.25, 0.3) is 23.1 Å². The first-order chi connectivity index (χ1) is 13.5. The highest BCUT2D eigenvalue weighted by molar-refractivity contribution is 6.05. The quantitative estimate of drug-likeness (QED) is 0.354. The lowest BCUT2D eigenvalue weighted by atomic mass is 10.1. The summed E-state index contributed by atoms with van der Waals surface area (Å²) in [6.45, 7) is 0. The van der Waals surface area contributed by atoms with Crippen LogP contribution in [0.4, 0.5) is 5.69 Å². The normalized spacial score (nSPS) is 10.7. The second-order valence-electron chi connectivity index (χ2n) is 5.58. The molecule has 0 aliphatic rings. The number of nitro benzene ring substituents is 1. The fourth-order valence-corrected chi connectivity index (χ4v) is 2.42. The van der Waals surface area contributed by atoms with Gasteiger partial charge in [-0.15, -0.1) is 0 Å². The monoisotopic (exact) mass is 379 g/mol. The molecule has 140 valence electrons. The number of benzene rings is 2. The van der Waals surface area contributed by atoms with Gasteiger partial charge in [0.1, 0.15) is 0 Å². The highest BCUT2D eigenvalue weighted by atomic mass is 16.6. The molecule has 1 heterocycles. The summed E-state index contributed by atoms with van der Waals surface area (Å²) in [6.07, 6.45) is 2.47. The van der Waals surface area contributed by atoms with Crippen molar-refractivity contribution in [1.29, 1.82) is 0 Å². The Morgan fingerprint density at radius 3 is 2.57 bits per heavy atom. The maximum atomic E-state index is 12.3. The van der Waals surface area contributed by atoms with E-state index in [9.17, 15) is 24.5 Å². The summed E-state index contributed by atoms with van der Waals surface area (Å²) >= 11 is 0. The van der Waals surface area contributed by atoms with E-state index in [-0.39, 0.29) is 11.4 Å². The Morgan fingerprint density at radius 1 is 1.07 bits per heavy atom. The third-order valence-electron chi connectivity index (χ3n) is 3.72. The van der Waals surface area contributed by atoms with Crippen LogP contribution in [0.3, 0.4) is 0 Å². The molecule has 10 nitrogen and oxygen atoms in total. The second kappa shape index (κ2) is 7.91. The lowest BCUT2D eigenvalue weighted by molar-refractivity contribution is -0.384. The summed E-state index contributed by atoms with van der Waals surface area (Å²) < 4.78 is 0. The average molecular weight is 379 g/mol. The summed E-state index contributed by atoms with van der Waals surface area (Å²) in [6, 6.07) is 12.1. The number of carbonyl (C=O) groups excluding carboxylic acids is 2. The number of non-ortho nitro benzene ring substituents is 1. The zero-order valence-electron chi connectivity index (χ0n) is 14.2. The minimum Gasteiger partial charge on any atom is -0.268 e. The van der Waals surface area contributed by atoms with Gasteiger partial charge in [-0.05, 0) is 17.7 Å². The van der Waals surface area contributed by atoms with Gasteiger partial charge in [-0.3, -0.25) is 35.3 Å². The highest BCUT2D eigenvalue weighted by Gasteiger charge is 2.14. The Hall–Kier alpha value is -4.34. The van der Waals surface area contributed by atoms with Gasteiger partial charge in [-0.25, -0.2) is 5.10 Å². The fourth-order valence-electron chi connectivity index (χ4n) is 2.42. The Morgan fingerprint density at radius 2 is 1.82 bits per heavy atom. The van der Waals surface area contributed by atoms with E-state index in [4.69, 9.17) is 0 Å². The molecule has 0 aliphatic carbocycles. The minimum absolute atomic E-state index is 0.0573. The van der Waals surface area contributed by atoms with Gasteiger partial charge < -0.3 is 0 Å². The SMILES string of the molecule is O=C(/C=C/c1cccc([N+](=O)[O-])c1)NNC(=O)c1n[nH]c(=O)c2ccccc12. The first-order valence-electron chi connectivity index (χ1n) is 7.96. The molecular formula is C18H13N5O5. The zero-order chi connectivity index (χ0) is 20.1. The van der Waals surface area contributed by atoms with E-state index in [2.05, 4.69) is 21.0 Å². The lowest BCUT2D eigenvalue weighted by Gasteiger charge is -2.06. The molecule has 0 aliphatic heterocycles. The van der Waals surface area contributed by atoms with E-state index in [0.717, 1.165) is 6.08 Å². The number of carbonyl (C=O) groups is 2. The maximum Gasteiger partial charge on any atom is 0.290 e. The average Bonchev–Trinajstić information content (AvgIpc) is 2.71. The molecule has 0 saturated carbocycles. The number of aromatic amines is 1. The van der Waals surface area contributed by atoms with Crippen LogP contribution in [-0.4, -0.2) is 26.9 Å². The largest absolute Gasteiger partial charge is 0.290 e. The number of fused-ring (bicyclic) bond motifs is 1. The van der Waals surface area contributed by atoms with E-state index < -0.39 is 22.3 Å². The first kappa shape index (κ1) is 18.5. The molecule has 0 spiro atoms. The highest BCUT2D eigenvalue weighted by Crippen LogP contribution is 2.14. The molecule has 0 radical (unpaired) electrons. The number of nitrogens with one attached hydrogen (secondary N) is 3. The maximum absolute atomic E-state index is 12.3. The van der Waals surface area contributed by atoms with Crippen LogP contribution in [0.5, 0.6) is 0 Å². The molecule has 0 fully saturated rings. The molecule has 3 aromatic rings. The molecule has 0 atom stereocenters. The van der Waals surface area contributed by atoms with Crippen molar-refractivity contribution < 1.29 is 14.5 Å². The van der Waals surface area contributed by atoms with Crippen molar-refractivity contribution in [3.05, 3.63) is 86.3 Å². The zero-order valence-corrected chi connectivity index (χ0v) is 14.2. The molecule has 10 heteroatoms. The van der Waals surface area contributed by atoms with Crippen molar-refractivity contribution in [2.24, 2.45) is 0 Å². The fraction of sp³-hybridized carbons (Fsp3) is 0. The van der Waals surface area contributed by atoms with Gasteiger partial charge in [-0.1, -0.05) is 30.3 Å². The minimum atomic E-state index is -0.718. The smallest absolute Gasteiger partial charge is 0.268 e. The van der Waals surface area contributed by atoms with Crippen molar-refractivity contribution in [3.8, 4) is 0 Å². The van der Waals surface area contributed by atoms with Crippen LogP contribution in [0, 0.1) is 10.1 Å². The van der Waals surface area contributed by atoms with Gasteiger partial charge >= 0.3 is 0 Å². The topological polar surface area (TPSA) is 147 Å². The van der Waals surface area contributed by atoms with Crippen LogP contribution in [0.25, 0.3) is 16.8 Å². The van der Waals surface area contributed by atoms with Crippen LogP contribution in [0.2, 0.25) is 0 Å². The van der Waals surface area contributed by atoms with Gasteiger partial charge in [-0.2, -0.15) is 5.10 Å². The van der Waals surface area contributed by atoms with Crippen molar-refractivity contribution in [1.82, 2.24) is 21.0 Å². The Balaban J connectivity index is 1.67. The summed E-state index contributed by atoms with van der Waals surface area (Å²) in [7, 11) is 0. The predicted octanol–water partition coefficient (Wildman–Crippen LogP) is 1.31. The van der Waals surface area contributed by atoms with Crippen molar-refractivity contribution in [3.63, 3.8) is 0 Å². The van der Waals surface area contributed by atoms with Crippen LogP contribution >= 0.6 is 0 Å². The van der Waals surface area contributed by atoms with Crippen molar-refractivity contribution >= 4 is 34.4 Å². The molecule has 2 aromatic carbocycles. The number of H-pyrrole nitrogens is 1. The first-order valence-corrected chi connectivity index (χ1v) is 7.96. The molecule has 2 amide bonds.